The normalized spacial score (nSPS) is 13.7. The fraction of sp³-hybridized carbons (Fsp3) is 0.424. The maximum absolute atomic E-state index is 13.5. The molecule has 0 saturated heterocycles. The second-order valence-electron chi connectivity index (χ2n) is 11.5. The van der Waals surface area contributed by atoms with E-state index in [-0.39, 0.29) is 37.9 Å². The number of hydrogen-bond donors (Lipinski definition) is 9. The van der Waals surface area contributed by atoms with Gasteiger partial charge in [-0.2, -0.15) is 11.8 Å². The smallest absolute Gasteiger partial charge is 0.326 e. The van der Waals surface area contributed by atoms with Crippen LogP contribution in [0.5, 0.6) is 5.75 Å². The molecule has 0 aromatic heterocycles. The first-order valence-corrected chi connectivity index (χ1v) is 17.1. The average Bonchev–Trinajstić information content (AvgIpc) is 3.07. The van der Waals surface area contributed by atoms with E-state index >= 15 is 0 Å². The van der Waals surface area contributed by atoms with E-state index in [0.29, 0.717) is 16.9 Å². The third-order valence-corrected chi connectivity index (χ3v) is 8.02. The molecule has 0 radical (unpaired) electrons. The summed E-state index contributed by atoms with van der Waals surface area (Å²) in [6.45, 7) is 0.861. The van der Waals surface area contributed by atoms with Crippen molar-refractivity contribution in [3.8, 4) is 5.75 Å². The van der Waals surface area contributed by atoms with Crippen LogP contribution in [-0.4, -0.2) is 100 Å². The maximum atomic E-state index is 13.5. The molecule has 0 aliphatic heterocycles. The lowest BCUT2D eigenvalue weighted by Gasteiger charge is -2.25. The molecular formula is C33H45N7O9S. The highest BCUT2D eigenvalue weighted by Gasteiger charge is 2.30. The van der Waals surface area contributed by atoms with Gasteiger partial charge in [-0.1, -0.05) is 42.5 Å². The number of carbonyl (C=O) groups excluding carboxylic acids is 6. The summed E-state index contributed by atoms with van der Waals surface area (Å²) in [4.78, 5) is 87.7. The Morgan fingerprint density at radius 2 is 1.34 bits per heavy atom. The molecule has 11 N–H and O–H groups in total. The van der Waals surface area contributed by atoms with Crippen LogP contribution < -0.4 is 38.1 Å². The lowest BCUT2D eigenvalue weighted by Crippen LogP contribution is -2.57. The Kier molecular flexibility index (Phi) is 17.3. The van der Waals surface area contributed by atoms with Gasteiger partial charge in [-0.25, -0.2) is 4.79 Å². The van der Waals surface area contributed by atoms with Gasteiger partial charge < -0.3 is 48.3 Å². The van der Waals surface area contributed by atoms with Crippen molar-refractivity contribution in [3.63, 3.8) is 0 Å². The molecule has 272 valence electrons. The summed E-state index contributed by atoms with van der Waals surface area (Å²) in [7, 11) is 0. The number of carboxylic acid groups (broad SMARTS) is 1. The van der Waals surface area contributed by atoms with Crippen molar-refractivity contribution in [2.75, 3.05) is 18.6 Å². The number of phenols is 1. The standard InChI is InChI=1S/C33H45N7O9S/c1-19(37-30(45)23(34)16-21-8-10-22(41)11-9-21)29(44)36-18-28(43)38-26(17-20-6-4-3-5-7-20)32(47)39-24(14-15-50-2)31(46)40-25(33(48)49)12-13-27(35)42/h3-11,19,23-26,41H,12-18,34H2,1-2H3,(H2,35,42)(H,36,44)(H,37,45)(H,38,43)(H,39,47)(H,40,46)(H,48,49)/t19-,23-,24-,25-,26-/m0/s1. The maximum Gasteiger partial charge on any atom is 0.326 e. The van der Waals surface area contributed by atoms with Gasteiger partial charge >= 0.3 is 5.97 Å². The van der Waals surface area contributed by atoms with Gasteiger partial charge in [-0.3, -0.25) is 28.8 Å². The summed E-state index contributed by atoms with van der Waals surface area (Å²) in [5, 5.41) is 31.3. The van der Waals surface area contributed by atoms with E-state index in [0.717, 1.165) is 0 Å². The summed E-state index contributed by atoms with van der Waals surface area (Å²) in [5.41, 5.74) is 12.5. The molecule has 0 aliphatic carbocycles. The number of carboxylic acids is 1. The van der Waals surface area contributed by atoms with Crippen LogP contribution in [0.3, 0.4) is 0 Å². The molecule has 2 rings (SSSR count). The molecular weight excluding hydrogens is 670 g/mol. The molecule has 0 heterocycles. The van der Waals surface area contributed by atoms with Gasteiger partial charge in [0.25, 0.3) is 0 Å². The number of aromatic hydroxyl groups is 1. The summed E-state index contributed by atoms with van der Waals surface area (Å²) < 4.78 is 0. The Labute approximate surface area is 293 Å². The predicted molar refractivity (Wildman–Crippen MR) is 185 cm³/mol. The first-order chi connectivity index (χ1) is 23.7. The molecule has 17 heteroatoms. The highest BCUT2D eigenvalue weighted by Crippen LogP contribution is 2.11. The molecule has 2 aromatic carbocycles. The van der Waals surface area contributed by atoms with E-state index in [1.54, 1.807) is 48.7 Å². The summed E-state index contributed by atoms with van der Waals surface area (Å²) in [6, 6.07) is 9.04. The van der Waals surface area contributed by atoms with Gasteiger partial charge in [-0.15, -0.1) is 0 Å². The van der Waals surface area contributed by atoms with Crippen molar-refractivity contribution in [3.05, 3.63) is 65.7 Å². The average molecular weight is 716 g/mol. The number of rotatable bonds is 21. The van der Waals surface area contributed by atoms with Gasteiger partial charge in [0, 0.05) is 12.8 Å². The predicted octanol–water partition coefficient (Wildman–Crippen LogP) is -1.32. The van der Waals surface area contributed by atoms with Crippen LogP contribution in [0.15, 0.2) is 54.6 Å². The molecule has 0 fully saturated rings. The fourth-order valence-corrected chi connectivity index (χ4v) is 5.05. The molecule has 16 nitrogen and oxygen atoms in total. The number of aliphatic carboxylic acids is 1. The number of primary amides is 1. The zero-order chi connectivity index (χ0) is 37.2. The highest BCUT2D eigenvalue weighted by molar-refractivity contribution is 7.98. The van der Waals surface area contributed by atoms with Crippen LogP contribution >= 0.6 is 11.8 Å². The molecule has 0 aliphatic rings. The zero-order valence-corrected chi connectivity index (χ0v) is 28.7. The lowest BCUT2D eigenvalue weighted by atomic mass is 10.0. The molecule has 0 bridgehead atoms. The quantitative estimate of drug-likeness (QED) is 0.0732. The Hall–Kier alpha value is -5.16. The van der Waals surface area contributed by atoms with Crippen LogP contribution in [0.2, 0.25) is 0 Å². The number of thioether (sulfide) groups is 1. The van der Waals surface area contributed by atoms with Crippen molar-refractivity contribution in [2.45, 2.75) is 69.2 Å². The van der Waals surface area contributed by atoms with E-state index in [4.69, 9.17) is 11.5 Å². The summed E-state index contributed by atoms with van der Waals surface area (Å²) in [6.07, 6.45) is 1.57. The SMILES string of the molecule is CSCC[C@H](NC(=O)[C@H](Cc1ccccc1)NC(=O)CNC(=O)[C@H](C)NC(=O)[C@@H](N)Cc1ccc(O)cc1)C(=O)N[C@@H](CCC(N)=O)C(=O)O. The number of phenolic OH excluding ortho intramolecular Hbond substituents is 1. The molecule has 6 amide bonds. The molecule has 0 unspecified atom stereocenters. The van der Waals surface area contributed by atoms with Crippen LogP contribution in [0.4, 0.5) is 0 Å². The van der Waals surface area contributed by atoms with Crippen LogP contribution in [0.25, 0.3) is 0 Å². The number of hydrogen-bond acceptors (Lipinski definition) is 10. The molecule has 0 spiro atoms. The van der Waals surface area contributed by atoms with E-state index < -0.39 is 78.2 Å². The minimum Gasteiger partial charge on any atom is -0.508 e. The Morgan fingerprint density at radius 1 is 0.740 bits per heavy atom. The monoisotopic (exact) mass is 715 g/mol. The topological polar surface area (TPSA) is 272 Å². The Bertz CT molecular complexity index is 1480. The molecule has 2 aromatic rings. The largest absolute Gasteiger partial charge is 0.508 e. The molecule has 0 saturated carbocycles. The molecule has 5 atom stereocenters. The molecule has 50 heavy (non-hydrogen) atoms. The fourth-order valence-electron chi connectivity index (χ4n) is 4.58. The second kappa shape index (κ2) is 21.0. The zero-order valence-electron chi connectivity index (χ0n) is 27.8. The summed E-state index contributed by atoms with van der Waals surface area (Å²) >= 11 is 1.39. The lowest BCUT2D eigenvalue weighted by molar-refractivity contribution is -0.142. The van der Waals surface area contributed by atoms with Gasteiger partial charge in [-0.05, 0) is 61.5 Å². The van der Waals surface area contributed by atoms with Crippen molar-refractivity contribution >= 4 is 53.2 Å². The Balaban J connectivity index is 2.05. The van der Waals surface area contributed by atoms with E-state index in [1.165, 1.54) is 30.8 Å². The number of nitrogens with one attached hydrogen (secondary N) is 5. The van der Waals surface area contributed by atoms with E-state index in [9.17, 15) is 43.8 Å². The van der Waals surface area contributed by atoms with Crippen molar-refractivity contribution in [1.82, 2.24) is 26.6 Å². The third-order valence-electron chi connectivity index (χ3n) is 7.38. The number of benzene rings is 2. The van der Waals surface area contributed by atoms with Gasteiger partial charge in [0.15, 0.2) is 0 Å². The van der Waals surface area contributed by atoms with Gasteiger partial charge in [0.05, 0.1) is 12.6 Å². The number of amides is 6. The minimum atomic E-state index is -1.42. The highest BCUT2D eigenvalue weighted by atomic mass is 32.2. The van der Waals surface area contributed by atoms with Gasteiger partial charge in [0.1, 0.15) is 29.9 Å². The first kappa shape index (κ1) is 41.0. The number of nitrogens with two attached hydrogens (primary N) is 2. The van der Waals surface area contributed by atoms with E-state index in [2.05, 4.69) is 26.6 Å². The third kappa shape index (κ3) is 14.9. The minimum absolute atomic E-state index is 0.0188. The van der Waals surface area contributed by atoms with Crippen LogP contribution in [0, 0.1) is 0 Å². The van der Waals surface area contributed by atoms with Crippen molar-refractivity contribution < 1.29 is 43.8 Å². The van der Waals surface area contributed by atoms with Crippen molar-refractivity contribution in [1.29, 1.82) is 0 Å². The van der Waals surface area contributed by atoms with Crippen LogP contribution in [0.1, 0.15) is 37.3 Å². The van der Waals surface area contributed by atoms with Gasteiger partial charge in [0.2, 0.25) is 35.4 Å². The number of carbonyl (C=O) groups is 7. The Morgan fingerprint density at radius 3 is 1.94 bits per heavy atom. The second-order valence-corrected chi connectivity index (χ2v) is 12.5. The van der Waals surface area contributed by atoms with E-state index in [1.807, 2.05) is 0 Å². The van der Waals surface area contributed by atoms with Crippen LogP contribution in [-0.2, 0) is 46.4 Å². The van der Waals surface area contributed by atoms with Crippen molar-refractivity contribution in [2.24, 2.45) is 11.5 Å². The first-order valence-electron chi connectivity index (χ1n) is 15.8. The summed E-state index contributed by atoms with van der Waals surface area (Å²) in [5.74, 6) is -5.18.